The van der Waals surface area contributed by atoms with Crippen LogP contribution in [0.15, 0.2) is 5.11 Å². The molecule has 2 unspecified atom stereocenters. The number of esters is 1. The molecule has 2 atom stereocenters. The monoisotopic (exact) mass is 253 g/mol. The summed E-state index contributed by atoms with van der Waals surface area (Å²) in [5.41, 5.74) is 7.14. The minimum Gasteiger partial charge on any atom is -0.468 e. The maximum absolute atomic E-state index is 11.8. The summed E-state index contributed by atoms with van der Waals surface area (Å²) in [6, 6.07) is -0.214. The number of hydrogen-bond donors (Lipinski definition) is 1. The maximum Gasteiger partial charge on any atom is 0.323 e. The molecule has 5 nitrogen and oxygen atoms in total. The van der Waals surface area contributed by atoms with E-state index < -0.39 is 0 Å². The molecule has 1 heterocycles. The van der Waals surface area contributed by atoms with Gasteiger partial charge < -0.3 is 4.74 Å². The van der Waals surface area contributed by atoms with E-state index in [-0.39, 0.29) is 18.1 Å². The van der Waals surface area contributed by atoms with Gasteiger partial charge in [-0.05, 0) is 25.2 Å². The number of carbonyl (C=O) groups is 1. The van der Waals surface area contributed by atoms with Crippen molar-refractivity contribution >= 4 is 5.97 Å². The van der Waals surface area contributed by atoms with Gasteiger partial charge in [-0.1, -0.05) is 19.3 Å². The van der Waals surface area contributed by atoms with E-state index in [1.165, 1.54) is 39.2 Å². The molecule has 0 amide bonds. The van der Waals surface area contributed by atoms with Gasteiger partial charge in [0, 0.05) is 13.1 Å². The highest BCUT2D eigenvalue weighted by Crippen LogP contribution is 2.28. The Bertz CT molecular complexity index is 303. The van der Waals surface area contributed by atoms with E-state index in [1.54, 1.807) is 0 Å². The second kappa shape index (κ2) is 6.27. The summed E-state index contributed by atoms with van der Waals surface area (Å²) in [6.45, 7) is 1.70. The Morgan fingerprint density at radius 2 is 2.11 bits per heavy atom. The number of rotatable bonds is 4. The van der Waals surface area contributed by atoms with E-state index in [0.29, 0.717) is 12.3 Å². The highest BCUT2D eigenvalue weighted by molar-refractivity contribution is 5.76. The van der Waals surface area contributed by atoms with Crippen molar-refractivity contribution in [3.8, 4) is 0 Å². The first-order chi connectivity index (χ1) is 8.74. The Hall–Kier alpha value is -0.970. The van der Waals surface area contributed by atoms with Gasteiger partial charge in [-0.15, -0.1) is 0 Å². The quantitative estimate of drug-likeness (QED) is 0.617. The van der Waals surface area contributed by atoms with Crippen molar-refractivity contribution in [3.05, 3.63) is 0 Å². The first-order valence-corrected chi connectivity index (χ1v) is 6.93. The molecule has 1 aliphatic heterocycles. The number of methoxy groups -OCH3 is 1. The molecule has 2 aliphatic rings. The van der Waals surface area contributed by atoms with E-state index in [1.807, 2.05) is 0 Å². The van der Waals surface area contributed by atoms with Crippen LogP contribution in [0.4, 0.5) is 0 Å². The van der Waals surface area contributed by atoms with Gasteiger partial charge >= 0.3 is 5.97 Å². The van der Waals surface area contributed by atoms with Crippen LogP contribution in [-0.4, -0.2) is 43.2 Å². The lowest BCUT2D eigenvalue weighted by molar-refractivity contribution is -0.146. The Balaban J connectivity index is 1.94. The predicted molar refractivity (Wildman–Crippen MR) is 67.5 cm³/mol. The Morgan fingerprint density at radius 1 is 1.39 bits per heavy atom. The first kappa shape index (κ1) is 13.5. The molecule has 1 aliphatic carbocycles. The highest BCUT2D eigenvalue weighted by Gasteiger charge is 2.38. The van der Waals surface area contributed by atoms with Crippen LogP contribution < -0.4 is 0 Å². The van der Waals surface area contributed by atoms with Gasteiger partial charge in [-0.2, -0.15) is 5.11 Å². The molecule has 2 fully saturated rings. The fraction of sp³-hybridized carbons (Fsp3) is 0.923. The lowest BCUT2D eigenvalue weighted by atomic mass is 9.89. The summed E-state index contributed by atoms with van der Waals surface area (Å²) in [5.74, 6) is 0.535. The molecule has 18 heavy (non-hydrogen) atoms. The van der Waals surface area contributed by atoms with Crippen molar-refractivity contribution in [3.63, 3.8) is 0 Å². The summed E-state index contributed by atoms with van der Waals surface area (Å²) in [4.78, 5) is 13.9. The molecule has 1 saturated carbocycles. The van der Waals surface area contributed by atoms with Crippen LogP contribution in [0.5, 0.6) is 0 Å². The van der Waals surface area contributed by atoms with Crippen LogP contribution in [-0.2, 0) is 9.53 Å². The number of carbonyl (C=O) groups excluding carboxylic acids is 1. The lowest BCUT2D eigenvalue weighted by Gasteiger charge is -2.29. The molecule has 2 rings (SSSR count). The van der Waals surface area contributed by atoms with Crippen molar-refractivity contribution in [1.82, 2.24) is 4.90 Å². The molecule has 0 bridgehead atoms. The van der Waals surface area contributed by atoms with Gasteiger partial charge in [-0.3, -0.25) is 9.69 Å². The maximum atomic E-state index is 11.8. The zero-order valence-electron chi connectivity index (χ0n) is 11.1. The number of nitrogens with one attached hydrogen (secondary N) is 1. The van der Waals surface area contributed by atoms with Crippen molar-refractivity contribution < 1.29 is 9.53 Å². The number of ether oxygens (including phenoxy) is 1. The Labute approximate surface area is 108 Å². The fourth-order valence-corrected chi connectivity index (χ4v) is 3.26. The van der Waals surface area contributed by atoms with Crippen LogP contribution in [0.1, 0.15) is 38.5 Å². The topological polar surface area (TPSA) is 65.8 Å². The summed E-state index contributed by atoms with van der Waals surface area (Å²) >= 11 is 0. The summed E-state index contributed by atoms with van der Waals surface area (Å²) < 4.78 is 4.86. The van der Waals surface area contributed by atoms with E-state index in [9.17, 15) is 4.79 Å². The summed E-state index contributed by atoms with van der Waals surface area (Å²) in [7, 11) is 1.44. The second-order valence-electron chi connectivity index (χ2n) is 5.52. The van der Waals surface area contributed by atoms with Crippen LogP contribution in [0.25, 0.3) is 0 Å². The Kier molecular flexibility index (Phi) is 4.69. The third-order valence-electron chi connectivity index (χ3n) is 4.25. The van der Waals surface area contributed by atoms with Crippen LogP contribution in [0, 0.1) is 11.4 Å². The average Bonchev–Trinajstić information content (AvgIpc) is 2.82. The first-order valence-electron chi connectivity index (χ1n) is 6.93. The van der Waals surface area contributed by atoms with Gasteiger partial charge in [0.2, 0.25) is 0 Å². The number of nitrogens with zero attached hydrogens (tertiary/aromatic N) is 2. The molecule has 0 aromatic carbocycles. The normalized spacial score (nSPS) is 30.3. The summed E-state index contributed by atoms with van der Waals surface area (Å²) in [6.07, 6.45) is 7.16. The van der Waals surface area contributed by atoms with Crippen LogP contribution in [0.3, 0.4) is 0 Å². The summed E-state index contributed by atoms with van der Waals surface area (Å²) in [5, 5.41) is 3.60. The SMILES string of the molecule is COC(=O)C1CC(N=N)CN1CC1CCCCC1. The van der Waals surface area contributed by atoms with Crippen molar-refractivity contribution in [2.24, 2.45) is 11.0 Å². The van der Waals surface area contributed by atoms with Crippen LogP contribution in [0.2, 0.25) is 0 Å². The van der Waals surface area contributed by atoms with Gasteiger partial charge in [0.15, 0.2) is 0 Å². The fourth-order valence-electron chi connectivity index (χ4n) is 3.26. The second-order valence-corrected chi connectivity index (χ2v) is 5.52. The van der Waals surface area contributed by atoms with Crippen LogP contribution >= 0.6 is 0 Å². The van der Waals surface area contributed by atoms with E-state index >= 15 is 0 Å². The lowest BCUT2D eigenvalue weighted by Crippen LogP contribution is -2.40. The van der Waals surface area contributed by atoms with Crippen molar-refractivity contribution in [2.75, 3.05) is 20.2 Å². The number of likely N-dealkylation sites (tertiary alicyclic amines) is 1. The minimum absolute atomic E-state index is 0.0299. The van der Waals surface area contributed by atoms with E-state index in [0.717, 1.165) is 13.1 Å². The predicted octanol–water partition coefficient (Wildman–Crippen LogP) is 2.21. The molecule has 0 spiro atoms. The number of hydrogen-bond acceptors (Lipinski definition) is 5. The molecule has 0 aromatic rings. The standard InChI is InChI=1S/C13H23N3O2/c1-18-13(17)12-7-11(15-14)9-16(12)8-10-5-3-2-4-6-10/h10-12,14H,2-9H2,1H3. The molecule has 5 heteroatoms. The average molecular weight is 253 g/mol. The van der Waals surface area contributed by atoms with Gasteiger partial charge in [0.1, 0.15) is 6.04 Å². The van der Waals surface area contributed by atoms with Crippen molar-refractivity contribution in [2.45, 2.75) is 50.6 Å². The zero-order chi connectivity index (χ0) is 13.0. The zero-order valence-corrected chi connectivity index (χ0v) is 11.1. The third kappa shape index (κ3) is 3.07. The molecule has 1 saturated heterocycles. The highest BCUT2D eigenvalue weighted by atomic mass is 16.5. The third-order valence-corrected chi connectivity index (χ3v) is 4.25. The molecule has 0 radical (unpaired) electrons. The van der Waals surface area contributed by atoms with Gasteiger partial charge in [0.25, 0.3) is 0 Å². The molecule has 1 N–H and O–H groups in total. The van der Waals surface area contributed by atoms with E-state index in [4.69, 9.17) is 10.3 Å². The largest absolute Gasteiger partial charge is 0.468 e. The van der Waals surface area contributed by atoms with E-state index in [2.05, 4.69) is 10.0 Å². The molecular formula is C13H23N3O2. The smallest absolute Gasteiger partial charge is 0.323 e. The molecular weight excluding hydrogens is 230 g/mol. The Morgan fingerprint density at radius 3 is 2.72 bits per heavy atom. The van der Waals surface area contributed by atoms with Gasteiger partial charge in [0.05, 0.1) is 13.2 Å². The van der Waals surface area contributed by atoms with Crippen molar-refractivity contribution in [1.29, 1.82) is 5.53 Å². The van der Waals surface area contributed by atoms with Gasteiger partial charge in [-0.25, -0.2) is 5.53 Å². The minimum atomic E-state index is -0.184. The molecule has 0 aromatic heterocycles. The molecule has 102 valence electrons.